The van der Waals surface area contributed by atoms with E-state index in [4.69, 9.17) is 10.00 Å². The molecule has 0 bridgehead atoms. The highest BCUT2D eigenvalue weighted by molar-refractivity contribution is 7.10. The number of benzene rings is 1. The highest BCUT2D eigenvalue weighted by atomic mass is 32.1. The summed E-state index contributed by atoms with van der Waals surface area (Å²) in [6, 6.07) is 7.49. The average Bonchev–Trinajstić information content (AvgIpc) is 2.69. The monoisotopic (exact) mass is 261 g/mol. The van der Waals surface area contributed by atoms with E-state index in [0.29, 0.717) is 5.00 Å². The average molecular weight is 261 g/mol. The summed E-state index contributed by atoms with van der Waals surface area (Å²) in [7, 11) is 1.59. The molecular formula is C12H11N3O2S. The van der Waals surface area contributed by atoms with Gasteiger partial charge in [0.25, 0.3) is 5.56 Å². The lowest BCUT2D eigenvalue weighted by Gasteiger charge is -2.07. The van der Waals surface area contributed by atoms with Gasteiger partial charge in [-0.1, -0.05) is 0 Å². The molecule has 0 aliphatic rings. The molecule has 1 heterocycles. The summed E-state index contributed by atoms with van der Waals surface area (Å²) in [5, 5.41) is 12.4. The second-order valence-corrected chi connectivity index (χ2v) is 4.53. The number of aryl methyl sites for hydroxylation is 1. The van der Waals surface area contributed by atoms with Gasteiger partial charge in [0.05, 0.1) is 7.11 Å². The minimum atomic E-state index is -0.371. The van der Waals surface area contributed by atoms with Crippen LogP contribution in [0.5, 0.6) is 5.75 Å². The van der Waals surface area contributed by atoms with Crippen molar-refractivity contribution in [2.45, 2.75) is 6.92 Å². The standard InChI is InChI=1S/C12H11N3O2S/c1-7-3-8(5-9(4-7)17-2)14-12-10(6-13)11(16)15-18-12/h3-5,14H,1-2H3,(H,15,16). The predicted molar refractivity (Wildman–Crippen MR) is 70.7 cm³/mol. The van der Waals surface area contributed by atoms with E-state index >= 15 is 0 Å². The third kappa shape index (κ3) is 2.36. The molecule has 92 valence electrons. The number of H-pyrrole nitrogens is 1. The van der Waals surface area contributed by atoms with Crippen molar-refractivity contribution in [3.63, 3.8) is 0 Å². The fourth-order valence-corrected chi connectivity index (χ4v) is 2.27. The number of nitrogens with one attached hydrogen (secondary N) is 2. The zero-order valence-electron chi connectivity index (χ0n) is 9.90. The van der Waals surface area contributed by atoms with Crippen LogP contribution in [0.3, 0.4) is 0 Å². The minimum Gasteiger partial charge on any atom is -0.497 e. The highest BCUT2D eigenvalue weighted by Gasteiger charge is 2.10. The molecule has 0 unspecified atom stereocenters. The van der Waals surface area contributed by atoms with Crippen LogP contribution >= 0.6 is 11.5 Å². The van der Waals surface area contributed by atoms with Crippen LogP contribution in [0.2, 0.25) is 0 Å². The van der Waals surface area contributed by atoms with Crippen LogP contribution in [-0.2, 0) is 0 Å². The molecule has 0 aliphatic heterocycles. The molecule has 6 heteroatoms. The lowest BCUT2D eigenvalue weighted by molar-refractivity contribution is 0.414. The lowest BCUT2D eigenvalue weighted by Crippen LogP contribution is -2.02. The largest absolute Gasteiger partial charge is 0.497 e. The summed E-state index contributed by atoms with van der Waals surface area (Å²) in [5.74, 6) is 0.721. The normalized spacial score (nSPS) is 9.83. The van der Waals surface area contributed by atoms with Gasteiger partial charge in [-0.3, -0.25) is 9.17 Å². The second kappa shape index (κ2) is 4.94. The van der Waals surface area contributed by atoms with E-state index in [1.54, 1.807) is 13.2 Å². The maximum absolute atomic E-state index is 11.3. The van der Waals surface area contributed by atoms with Crippen LogP contribution in [0.4, 0.5) is 10.7 Å². The summed E-state index contributed by atoms with van der Waals surface area (Å²) in [5.41, 5.74) is 1.53. The molecular weight excluding hydrogens is 250 g/mol. The Hall–Kier alpha value is -2.26. The van der Waals surface area contributed by atoms with Gasteiger partial charge in [0.15, 0.2) is 5.56 Å². The van der Waals surface area contributed by atoms with Crippen molar-refractivity contribution < 1.29 is 4.74 Å². The van der Waals surface area contributed by atoms with E-state index in [1.165, 1.54) is 0 Å². The smallest absolute Gasteiger partial charge is 0.278 e. The molecule has 2 rings (SSSR count). The SMILES string of the molecule is COc1cc(C)cc(Nc2s[nH]c(=O)c2C#N)c1. The molecule has 0 atom stereocenters. The van der Waals surface area contributed by atoms with Gasteiger partial charge in [-0.05, 0) is 36.2 Å². The van der Waals surface area contributed by atoms with Gasteiger partial charge in [-0.15, -0.1) is 0 Å². The molecule has 0 saturated carbocycles. The van der Waals surface area contributed by atoms with E-state index in [2.05, 4.69) is 9.69 Å². The zero-order valence-corrected chi connectivity index (χ0v) is 10.7. The summed E-state index contributed by atoms with van der Waals surface area (Å²) in [6.45, 7) is 1.94. The van der Waals surface area contributed by atoms with Gasteiger partial charge >= 0.3 is 0 Å². The molecule has 0 saturated heterocycles. The first-order valence-electron chi connectivity index (χ1n) is 5.18. The summed E-state index contributed by atoms with van der Waals surface area (Å²) >= 11 is 1.10. The highest BCUT2D eigenvalue weighted by Crippen LogP contribution is 2.26. The third-order valence-corrected chi connectivity index (χ3v) is 3.15. The third-order valence-electron chi connectivity index (χ3n) is 2.36. The number of aromatic amines is 1. The van der Waals surface area contributed by atoms with Crippen LogP contribution in [0.1, 0.15) is 11.1 Å². The number of hydrogen-bond donors (Lipinski definition) is 2. The van der Waals surface area contributed by atoms with Gasteiger partial charge in [-0.25, -0.2) is 0 Å². The Morgan fingerprint density at radius 1 is 1.44 bits per heavy atom. The number of rotatable bonds is 3. The van der Waals surface area contributed by atoms with Crippen molar-refractivity contribution in [2.24, 2.45) is 0 Å². The second-order valence-electron chi connectivity index (χ2n) is 3.71. The number of nitrogens with zero attached hydrogens (tertiary/aromatic N) is 1. The first kappa shape index (κ1) is 12.2. The fourth-order valence-electron chi connectivity index (χ4n) is 1.56. The predicted octanol–water partition coefficient (Wildman–Crippen LogP) is 2.37. The number of ether oxygens (including phenoxy) is 1. The van der Waals surface area contributed by atoms with Gasteiger partial charge in [0.1, 0.15) is 16.8 Å². The van der Waals surface area contributed by atoms with Crippen molar-refractivity contribution in [3.05, 3.63) is 39.7 Å². The Morgan fingerprint density at radius 3 is 2.89 bits per heavy atom. The molecule has 1 aromatic heterocycles. The Labute approximate surface area is 108 Å². The Balaban J connectivity index is 2.37. The van der Waals surface area contributed by atoms with Crippen LogP contribution in [0, 0.1) is 18.3 Å². The molecule has 0 aliphatic carbocycles. The minimum absolute atomic E-state index is 0.0977. The molecule has 2 aromatic rings. The van der Waals surface area contributed by atoms with Gasteiger partial charge in [0.2, 0.25) is 0 Å². The topological polar surface area (TPSA) is 77.9 Å². The van der Waals surface area contributed by atoms with Crippen LogP contribution in [0.25, 0.3) is 0 Å². The number of anilines is 2. The number of hydrogen-bond acceptors (Lipinski definition) is 5. The van der Waals surface area contributed by atoms with Crippen molar-refractivity contribution in [1.82, 2.24) is 4.37 Å². The van der Waals surface area contributed by atoms with E-state index < -0.39 is 0 Å². The maximum Gasteiger partial charge on any atom is 0.278 e. The first-order valence-corrected chi connectivity index (χ1v) is 6.00. The lowest BCUT2D eigenvalue weighted by atomic mass is 10.2. The molecule has 5 nitrogen and oxygen atoms in total. The zero-order chi connectivity index (χ0) is 13.1. The van der Waals surface area contributed by atoms with E-state index in [0.717, 1.165) is 28.5 Å². The summed E-state index contributed by atoms with van der Waals surface area (Å²) in [6.07, 6.45) is 0. The van der Waals surface area contributed by atoms with Crippen molar-refractivity contribution >= 4 is 22.2 Å². The molecule has 0 spiro atoms. The van der Waals surface area contributed by atoms with E-state index in [-0.39, 0.29) is 11.1 Å². The van der Waals surface area contributed by atoms with Crippen LogP contribution in [0.15, 0.2) is 23.0 Å². The first-order chi connectivity index (χ1) is 8.63. The Morgan fingerprint density at radius 2 is 2.22 bits per heavy atom. The van der Waals surface area contributed by atoms with Crippen LogP contribution < -0.4 is 15.6 Å². The Bertz CT molecular complexity index is 667. The van der Waals surface area contributed by atoms with Crippen LogP contribution in [-0.4, -0.2) is 11.5 Å². The molecule has 18 heavy (non-hydrogen) atoms. The maximum atomic E-state index is 11.3. The van der Waals surface area contributed by atoms with Crippen molar-refractivity contribution in [2.75, 3.05) is 12.4 Å². The van der Waals surface area contributed by atoms with Gasteiger partial charge in [0, 0.05) is 11.8 Å². The number of aromatic nitrogens is 1. The van der Waals surface area contributed by atoms with E-state index in [9.17, 15) is 4.79 Å². The van der Waals surface area contributed by atoms with Gasteiger partial charge < -0.3 is 10.1 Å². The molecule has 0 fully saturated rings. The van der Waals surface area contributed by atoms with Gasteiger partial charge in [-0.2, -0.15) is 5.26 Å². The molecule has 2 N–H and O–H groups in total. The Kier molecular flexibility index (Phi) is 3.35. The molecule has 1 aromatic carbocycles. The number of methoxy groups -OCH3 is 1. The fraction of sp³-hybridized carbons (Fsp3) is 0.167. The molecule has 0 amide bonds. The van der Waals surface area contributed by atoms with E-state index in [1.807, 2.05) is 25.1 Å². The van der Waals surface area contributed by atoms with Crippen molar-refractivity contribution in [3.8, 4) is 11.8 Å². The summed E-state index contributed by atoms with van der Waals surface area (Å²) in [4.78, 5) is 11.3. The number of nitriles is 1. The van der Waals surface area contributed by atoms with Crippen molar-refractivity contribution in [1.29, 1.82) is 5.26 Å². The quantitative estimate of drug-likeness (QED) is 0.889. The molecule has 0 radical (unpaired) electrons. The summed E-state index contributed by atoms with van der Waals surface area (Å²) < 4.78 is 7.69.